The van der Waals surface area contributed by atoms with E-state index in [0.717, 1.165) is 65.4 Å². The lowest BCUT2D eigenvalue weighted by molar-refractivity contribution is 0.0484. The van der Waals surface area contributed by atoms with Gasteiger partial charge in [0.1, 0.15) is 17.5 Å². The highest BCUT2D eigenvalue weighted by molar-refractivity contribution is 5.85. The van der Waals surface area contributed by atoms with Gasteiger partial charge in [-0.05, 0) is 55.7 Å². The Labute approximate surface area is 261 Å². The van der Waals surface area contributed by atoms with Crippen molar-refractivity contribution in [2.24, 2.45) is 0 Å². The van der Waals surface area contributed by atoms with Crippen molar-refractivity contribution in [3.8, 4) is 0 Å². The van der Waals surface area contributed by atoms with Gasteiger partial charge in [-0.2, -0.15) is 0 Å². The summed E-state index contributed by atoms with van der Waals surface area (Å²) in [5.41, 5.74) is 2.63. The van der Waals surface area contributed by atoms with Gasteiger partial charge in [-0.15, -0.1) is 12.4 Å². The Hall–Kier alpha value is -2.68. The Kier molecular flexibility index (Phi) is 12.3. The molecule has 0 aromatic heterocycles. The minimum atomic E-state index is -0.345. The first-order valence-electron chi connectivity index (χ1n) is 15.3. The maximum absolute atomic E-state index is 14.7. The van der Waals surface area contributed by atoms with Crippen molar-refractivity contribution in [3.63, 3.8) is 0 Å². The van der Waals surface area contributed by atoms with E-state index in [9.17, 15) is 13.2 Å². The molecule has 232 valence electrons. The topological polar surface area (TPSA) is 13.0 Å². The second kappa shape index (κ2) is 15.9. The molecule has 3 aromatic carbocycles. The monoisotopic (exact) mass is 612 g/mol. The van der Waals surface area contributed by atoms with Gasteiger partial charge in [-0.25, -0.2) is 13.2 Å². The summed E-state index contributed by atoms with van der Waals surface area (Å²) in [5, 5.41) is 0. The van der Waals surface area contributed by atoms with E-state index >= 15 is 0 Å². The van der Waals surface area contributed by atoms with Crippen LogP contribution in [0.2, 0.25) is 0 Å². The molecule has 8 heteroatoms. The maximum atomic E-state index is 14.7. The first-order valence-corrected chi connectivity index (χ1v) is 15.3. The summed E-state index contributed by atoms with van der Waals surface area (Å²) in [4.78, 5) is 10.0. The molecule has 2 heterocycles. The van der Waals surface area contributed by atoms with Gasteiger partial charge >= 0.3 is 0 Å². The number of hydrogen-bond donors (Lipinski definition) is 0. The van der Waals surface area contributed by atoms with Crippen LogP contribution in [-0.4, -0.2) is 91.1 Å². The molecule has 0 aliphatic carbocycles. The summed E-state index contributed by atoms with van der Waals surface area (Å²) in [5.74, 6) is -0.887. The summed E-state index contributed by atoms with van der Waals surface area (Å²) >= 11 is 0. The first-order chi connectivity index (χ1) is 20.4. The lowest BCUT2D eigenvalue weighted by Crippen LogP contribution is -2.53. The van der Waals surface area contributed by atoms with Crippen molar-refractivity contribution < 1.29 is 13.2 Å². The van der Waals surface area contributed by atoms with E-state index in [-0.39, 0.29) is 35.9 Å². The van der Waals surface area contributed by atoms with Crippen molar-refractivity contribution >= 4 is 18.0 Å². The summed E-state index contributed by atoms with van der Waals surface area (Å²) in [6.07, 6.45) is 2.68. The van der Waals surface area contributed by atoms with Crippen LogP contribution in [0.1, 0.15) is 43.0 Å². The molecule has 2 aliphatic rings. The third-order valence-electron chi connectivity index (χ3n) is 8.79. The highest BCUT2D eigenvalue weighted by atomic mass is 35.5. The minimum absolute atomic E-state index is 0. The maximum Gasteiger partial charge on any atom is 0.131 e. The standard InChI is InChI=1S/C35H43F3N4.ClH/c1-27(2)41-22-24-42(25-23-41)35(28-13-15-29(36)16-14-28)26-40-20-18-39(19-21-40)17-7-10-30(31-8-3-5-11-33(31)37)32-9-4-6-12-34(32)38;/h3-6,8-16,27,35H,7,17-26H2,1-2H3;1H. The van der Waals surface area contributed by atoms with Crippen LogP contribution in [0.15, 0.2) is 78.9 Å². The van der Waals surface area contributed by atoms with Crippen molar-refractivity contribution in [2.45, 2.75) is 32.4 Å². The summed E-state index contributed by atoms with van der Waals surface area (Å²) in [7, 11) is 0. The summed E-state index contributed by atoms with van der Waals surface area (Å²) in [6, 6.07) is 21.0. The van der Waals surface area contributed by atoms with E-state index in [1.54, 1.807) is 48.5 Å². The highest BCUT2D eigenvalue weighted by Gasteiger charge is 2.29. The molecular weight excluding hydrogens is 569 g/mol. The molecule has 0 N–H and O–H groups in total. The Balaban J connectivity index is 0.00000423. The number of rotatable bonds is 10. The van der Waals surface area contributed by atoms with E-state index < -0.39 is 0 Å². The van der Waals surface area contributed by atoms with Gasteiger partial charge in [0.15, 0.2) is 0 Å². The molecule has 0 spiro atoms. The molecule has 2 aliphatic heterocycles. The predicted octanol–water partition coefficient (Wildman–Crippen LogP) is 6.73. The van der Waals surface area contributed by atoms with Gasteiger partial charge in [0, 0.05) is 88.7 Å². The third kappa shape index (κ3) is 8.70. The van der Waals surface area contributed by atoms with Crippen molar-refractivity contribution in [2.75, 3.05) is 65.4 Å². The Bertz CT molecular complexity index is 1270. The van der Waals surface area contributed by atoms with Gasteiger partial charge < -0.3 is 4.90 Å². The second-order valence-corrected chi connectivity index (χ2v) is 11.7. The lowest BCUT2D eigenvalue weighted by Gasteiger charge is -2.43. The number of benzene rings is 3. The SMILES string of the molecule is CC(C)N1CCN(C(CN2CCN(CCC=C(c3ccccc3F)c3ccccc3F)CC2)c2ccc(F)cc2)CC1.Cl. The number of halogens is 4. The van der Waals surface area contributed by atoms with Crippen LogP contribution in [0.25, 0.3) is 5.57 Å². The second-order valence-electron chi connectivity index (χ2n) is 11.7. The van der Waals surface area contributed by atoms with Gasteiger partial charge in [-0.1, -0.05) is 54.6 Å². The molecule has 3 aromatic rings. The van der Waals surface area contributed by atoms with Crippen LogP contribution in [0, 0.1) is 17.5 Å². The third-order valence-corrected chi connectivity index (χ3v) is 8.79. The number of piperazine rings is 2. The van der Waals surface area contributed by atoms with Crippen molar-refractivity contribution in [1.29, 1.82) is 0 Å². The molecule has 1 atom stereocenters. The first kappa shape index (κ1) is 33.2. The normalized spacial score (nSPS) is 17.9. The molecule has 0 radical (unpaired) electrons. The Morgan fingerprint density at radius 3 is 1.72 bits per heavy atom. The van der Waals surface area contributed by atoms with E-state index in [2.05, 4.69) is 33.4 Å². The van der Waals surface area contributed by atoms with Crippen LogP contribution >= 0.6 is 12.4 Å². The molecule has 2 fully saturated rings. The zero-order chi connectivity index (χ0) is 29.5. The van der Waals surface area contributed by atoms with E-state index in [1.807, 2.05) is 18.2 Å². The van der Waals surface area contributed by atoms with Crippen molar-refractivity contribution in [1.82, 2.24) is 19.6 Å². The molecule has 43 heavy (non-hydrogen) atoms. The fraction of sp³-hybridized carbons (Fsp3) is 0.429. The van der Waals surface area contributed by atoms with Crippen LogP contribution < -0.4 is 0 Å². The molecular formula is C35H44ClF3N4. The summed E-state index contributed by atoms with van der Waals surface area (Å²) < 4.78 is 43.2. The Morgan fingerprint density at radius 2 is 1.19 bits per heavy atom. The van der Waals surface area contributed by atoms with Crippen LogP contribution in [0.5, 0.6) is 0 Å². The highest BCUT2D eigenvalue weighted by Crippen LogP contribution is 2.29. The fourth-order valence-corrected chi connectivity index (χ4v) is 6.24. The Morgan fingerprint density at radius 1 is 0.674 bits per heavy atom. The van der Waals surface area contributed by atoms with Crippen LogP contribution in [-0.2, 0) is 0 Å². The molecule has 0 amide bonds. The average molecular weight is 613 g/mol. The average Bonchev–Trinajstić information content (AvgIpc) is 3.00. The van der Waals surface area contributed by atoms with Gasteiger partial charge in [0.25, 0.3) is 0 Å². The van der Waals surface area contributed by atoms with Gasteiger partial charge in [0.2, 0.25) is 0 Å². The lowest BCUT2D eigenvalue weighted by atomic mass is 9.96. The van der Waals surface area contributed by atoms with Crippen LogP contribution in [0.4, 0.5) is 13.2 Å². The van der Waals surface area contributed by atoms with E-state index in [1.165, 1.54) is 17.7 Å². The quantitative estimate of drug-likeness (QED) is 0.252. The minimum Gasteiger partial charge on any atom is -0.300 e. The molecule has 5 rings (SSSR count). The number of hydrogen-bond acceptors (Lipinski definition) is 4. The smallest absolute Gasteiger partial charge is 0.131 e. The molecule has 0 saturated carbocycles. The fourth-order valence-electron chi connectivity index (χ4n) is 6.24. The van der Waals surface area contributed by atoms with E-state index in [0.29, 0.717) is 29.2 Å². The molecule has 4 nitrogen and oxygen atoms in total. The number of nitrogens with zero attached hydrogens (tertiary/aromatic N) is 4. The predicted molar refractivity (Wildman–Crippen MR) is 172 cm³/mol. The zero-order valence-corrected chi connectivity index (χ0v) is 26.1. The summed E-state index contributed by atoms with van der Waals surface area (Å²) in [6.45, 7) is 14.2. The zero-order valence-electron chi connectivity index (χ0n) is 25.3. The molecule has 2 saturated heterocycles. The van der Waals surface area contributed by atoms with Crippen molar-refractivity contribution in [3.05, 3.63) is 113 Å². The van der Waals surface area contributed by atoms with Crippen LogP contribution in [0.3, 0.4) is 0 Å². The molecule has 1 unspecified atom stereocenters. The molecule has 0 bridgehead atoms. The van der Waals surface area contributed by atoms with Gasteiger partial charge in [-0.3, -0.25) is 14.7 Å². The van der Waals surface area contributed by atoms with Gasteiger partial charge in [0.05, 0.1) is 0 Å². The largest absolute Gasteiger partial charge is 0.300 e. The van der Waals surface area contributed by atoms with E-state index in [4.69, 9.17) is 0 Å².